The summed E-state index contributed by atoms with van der Waals surface area (Å²) in [5.41, 5.74) is 3.38. The number of methoxy groups -OCH3 is 1. The maximum absolute atomic E-state index is 12.8. The molecule has 18 heavy (non-hydrogen) atoms. The summed E-state index contributed by atoms with van der Waals surface area (Å²) in [6.07, 6.45) is -4.85. The Balaban J connectivity index is 2.96. The maximum Gasteiger partial charge on any atom is 0.434 e. The summed E-state index contributed by atoms with van der Waals surface area (Å²) < 4.78 is 43.9. The largest absolute Gasteiger partial charge is 0.434 e. The molecule has 102 valence electrons. The van der Waals surface area contributed by atoms with Gasteiger partial charge in [0.1, 0.15) is 5.69 Å². The Hall–Kier alpha value is -1.64. The van der Waals surface area contributed by atoms with Gasteiger partial charge in [-0.1, -0.05) is 5.21 Å². The number of carbonyl (C=O) groups excluding carboxylic acids is 1. The Morgan fingerprint density at radius 2 is 2.17 bits per heavy atom. The molecule has 0 spiro atoms. The van der Waals surface area contributed by atoms with Gasteiger partial charge < -0.3 is 10.5 Å². The number of hydrogen-bond donors (Lipinski definition) is 1. The molecule has 1 heterocycles. The van der Waals surface area contributed by atoms with Crippen molar-refractivity contribution in [1.82, 2.24) is 15.0 Å². The third-order valence-corrected chi connectivity index (χ3v) is 2.13. The van der Waals surface area contributed by atoms with Crippen LogP contribution in [0.1, 0.15) is 17.8 Å². The molecule has 1 aromatic rings. The average molecular weight is 266 g/mol. The van der Waals surface area contributed by atoms with Crippen LogP contribution in [0.25, 0.3) is 0 Å². The minimum atomic E-state index is -4.62. The van der Waals surface area contributed by atoms with Gasteiger partial charge in [-0.05, 0) is 6.42 Å². The molecule has 9 heteroatoms. The number of hydrogen-bond acceptors (Lipinski definition) is 4. The fourth-order valence-electron chi connectivity index (χ4n) is 1.46. The lowest BCUT2D eigenvalue weighted by Crippen LogP contribution is -2.20. The molecule has 0 saturated heterocycles. The molecule has 0 bridgehead atoms. The zero-order valence-electron chi connectivity index (χ0n) is 9.70. The first kappa shape index (κ1) is 14.4. The van der Waals surface area contributed by atoms with Crippen molar-refractivity contribution in [1.29, 1.82) is 0 Å². The van der Waals surface area contributed by atoms with E-state index in [9.17, 15) is 18.0 Å². The second kappa shape index (κ2) is 5.80. The predicted octanol–water partition coefficient (Wildman–Crippen LogP) is 0.361. The molecule has 6 nitrogen and oxygen atoms in total. The smallest absolute Gasteiger partial charge is 0.385 e. The Bertz CT molecular complexity index is 416. The number of rotatable bonds is 6. The van der Waals surface area contributed by atoms with Gasteiger partial charge in [-0.25, -0.2) is 4.68 Å². The van der Waals surface area contributed by atoms with Gasteiger partial charge in [0.2, 0.25) is 5.91 Å². The van der Waals surface area contributed by atoms with Gasteiger partial charge >= 0.3 is 6.18 Å². The van der Waals surface area contributed by atoms with Crippen LogP contribution in [0, 0.1) is 0 Å². The van der Waals surface area contributed by atoms with Gasteiger partial charge in [0.15, 0.2) is 5.69 Å². The molecule has 0 aliphatic carbocycles. The van der Waals surface area contributed by atoms with Crippen LogP contribution < -0.4 is 5.73 Å². The van der Waals surface area contributed by atoms with Crippen molar-refractivity contribution >= 4 is 5.91 Å². The molecule has 0 atom stereocenters. The molecule has 0 aliphatic heterocycles. The van der Waals surface area contributed by atoms with Gasteiger partial charge in [0, 0.05) is 20.3 Å². The van der Waals surface area contributed by atoms with E-state index in [1.807, 2.05) is 0 Å². The number of amides is 1. The molecule has 0 radical (unpaired) electrons. The first-order valence-corrected chi connectivity index (χ1v) is 5.13. The number of ether oxygens (including phenoxy) is 1. The van der Waals surface area contributed by atoms with Crippen LogP contribution in [-0.4, -0.2) is 34.6 Å². The zero-order chi connectivity index (χ0) is 13.8. The van der Waals surface area contributed by atoms with Crippen LogP contribution in [0.15, 0.2) is 0 Å². The van der Waals surface area contributed by atoms with Gasteiger partial charge in [-0.3, -0.25) is 4.79 Å². The van der Waals surface area contributed by atoms with E-state index in [2.05, 4.69) is 10.3 Å². The van der Waals surface area contributed by atoms with Crippen LogP contribution in [0.2, 0.25) is 0 Å². The maximum atomic E-state index is 12.8. The number of nitrogens with two attached hydrogens (primary N) is 1. The topological polar surface area (TPSA) is 83.0 Å². The summed E-state index contributed by atoms with van der Waals surface area (Å²) in [6.45, 7) is 0.316. The molecular formula is C9H13F3N4O2. The van der Waals surface area contributed by atoms with E-state index >= 15 is 0 Å². The number of primary amides is 1. The Kier molecular flexibility index (Phi) is 4.65. The fourth-order valence-corrected chi connectivity index (χ4v) is 1.46. The van der Waals surface area contributed by atoms with E-state index in [4.69, 9.17) is 10.5 Å². The second-order valence-corrected chi connectivity index (χ2v) is 3.60. The molecule has 0 aliphatic rings. The SMILES string of the molecule is COCCCn1nnc(CC(N)=O)c1C(F)(F)F. The predicted molar refractivity (Wildman–Crippen MR) is 54.4 cm³/mol. The highest BCUT2D eigenvalue weighted by molar-refractivity contribution is 5.76. The lowest BCUT2D eigenvalue weighted by atomic mass is 10.2. The number of halogens is 3. The molecule has 1 aromatic heterocycles. The summed E-state index contributed by atoms with van der Waals surface area (Å²) in [6, 6.07) is 0. The summed E-state index contributed by atoms with van der Waals surface area (Å²) in [7, 11) is 1.45. The number of carbonyl (C=O) groups is 1. The van der Waals surface area contributed by atoms with Crippen LogP contribution >= 0.6 is 0 Å². The molecule has 0 saturated carbocycles. The average Bonchev–Trinajstić information content (AvgIpc) is 2.60. The van der Waals surface area contributed by atoms with Gasteiger partial charge in [-0.15, -0.1) is 5.10 Å². The quantitative estimate of drug-likeness (QED) is 0.754. The lowest BCUT2D eigenvalue weighted by molar-refractivity contribution is -0.145. The van der Waals surface area contributed by atoms with Crippen molar-refractivity contribution in [3.8, 4) is 0 Å². The molecule has 0 unspecified atom stereocenters. The number of alkyl halides is 3. The normalized spacial score (nSPS) is 11.8. The first-order valence-electron chi connectivity index (χ1n) is 5.13. The van der Waals surface area contributed by atoms with Crippen molar-refractivity contribution < 1.29 is 22.7 Å². The summed E-state index contributed by atoms with van der Waals surface area (Å²) in [5.74, 6) is -0.885. The third kappa shape index (κ3) is 3.69. The highest BCUT2D eigenvalue weighted by Crippen LogP contribution is 2.31. The van der Waals surface area contributed by atoms with Crippen LogP contribution in [0.4, 0.5) is 13.2 Å². The fraction of sp³-hybridized carbons (Fsp3) is 0.667. The van der Waals surface area contributed by atoms with Crippen molar-refractivity contribution in [3.63, 3.8) is 0 Å². The zero-order valence-corrected chi connectivity index (χ0v) is 9.70. The van der Waals surface area contributed by atoms with Crippen molar-refractivity contribution in [2.24, 2.45) is 5.73 Å². The van der Waals surface area contributed by atoms with Gasteiger partial charge in [0.25, 0.3) is 0 Å². The van der Waals surface area contributed by atoms with E-state index in [1.165, 1.54) is 7.11 Å². The molecule has 0 aromatic carbocycles. The van der Waals surface area contributed by atoms with E-state index in [0.717, 1.165) is 4.68 Å². The lowest BCUT2D eigenvalue weighted by Gasteiger charge is -2.10. The van der Waals surface area contributed by atoms with Crippen LogP contribution in [0.5, 0.6) is 0 Å². The number of aryl methyl sites for hydroxylation is 1. The van der Waals surface area contributed by atoms with Crippen molar-refractivity contribution in [3.05, 3.63) is 11.4 Å². The van der Waals surface area contributed by atoms with E-state index in [0.29, 0.717) is 13.0 Å². The van der Waals surface area contributed by atoms with Crippen molar-refractivity contribution in [2.75, 3.05) is 13.7 Å². The summed E-state index contributed by atoms with van der Waals surface area (Å²) >= 11 is 0. The van der Waals surface area contributed by atoms with Crippen molar-refractivity contribution in [2.45, 2.75) is 25.6 Å². The minimum Gasteiger partial charge on any atom is -0.385 e. The van der Waals surface area contributed by atoms with E-state index < -0.39 is 29.9 Å². The molecule has 0 fully saturated rings. The summed E-state index contributed by atoms with van der Waals surface area (Å²) in [5, 5.41) is 6.74. The van der Waals surface area contributed by atoms with E-state index in [1.54, 1.807) is 0 Å². The molecule has 2 N–H and O–H groups in total. The van der Waals surface area contributed by atoms with Crippen LogP contribution in [0.3, 0.4) is 0 Å². The number of nitrogens with zero attached hydrogens (tertiary/aromatic N) is 3. The summed E-state index contributed by atoms with van der Waals surface area (Å²) in [4.78, 5) is 10.7. The number of aromatic nitrogens is 3. The highest BCUT2D eigenvalue weighted by atomic mass is 19.4. The molecule has 1 amide bonds. The third-order valence-electron chi connectivity index (χ3n) is 2.13. The minimum absolute atomic E-state index is 0.00838. The van der Waals surface area contributed by atoms with Crippen LogP contribution in [-0.2, 0) is 28.7 Å². The Morgan fingerprint density at radius 3 is 2.67 bits per heavy atom. The molecular weight excluding hydrogens is 253 g/mol. The standard InChI is InChI=1S/C9H13F3N4O2/c1-18-4-2-3-16-8(9(10,11)12)6(14-15-16)5-7(13)17/h2-5H2,1H3,(H2,13,17). The Labute approximate surface area is 101 Å². The monoisotopic (exact) mass is 266 g/mol. The highest BCUT2D eigenvalue weighted by Gasteiger charge is 2.39. The van der Waals surface area contributed by atoms with E-state index in [-0.39, 0.29) is 6.54 Å². The van der Waals surface area contributed by atoms with Gasteiger partial charge in [0.05, 0.1) is 6.42 Å². The Morgan fingerprint density at radius 1 is 1.50 bits per heavy atom. The second-order valence-electron chi connectivity index (χ2n) is 3.60. The van der Waals surface area contributed by atoms with Gasteiger partial charge in [-0.2, -0.15) is 13.2 Å². The molecule has 1 rings (SSSR count). The first-order chi connectivity index (χ1) is 8.36.